The second kappa shape index (κ2) is 3.50. The third kappa shape index (κ3) is 1.44. The Hall–Kier alpha value is -1.22. The van der Waals surface area contributed by atoms with Gasteiger partial charge in [0, 0.05) is 6.04 Å². The third-order valence-corrected chi connectivity index (χ3v) is 2.32. The molecule has 0 spiro atoms. The molecule has 0 aliphatic heterocycles. The van der Waals surface area contributed by atoms with Crippen LogP contribution in [0.1, 0.15) is 19.9 Å². The highest BCUT2D eigenvalue weighted by Gasteiger charge is 2.14. The topological polar surface area (TPSA) is 31.0 Å². The summed E-state index contributed by atoms with van der Waals surface area (Å²) in [5.74, 6) is 0.790. The zero-order valence-corrected chi connectivity index (χ0v) is 8.82. The van der Waals surface area contributed by atoms with Crippen LogP contribution in [-0.4, -0.2) is 9.55 Å². The van der Waals surface area contributed by atoms with Gasteiger partial charge in [0.1, 0.15) is 5.69 Å². The second-order valence-corrected chi connectivity index (χ2v) is 3.69. The third-order valence-electron chi connectivity index (χ3n) is 2.04. The molecule has 2 aromatic heterocycles. The first-order valence-electron chi connectivity index (χ1n) is 4.46. The Bertz CT molecular complexity index is 417. The molecule has 2 aromatic rings. The van der Waals surface area contributed by atoms with Crippen LogP contribution in [0, 0.1) is 0 Å². The zero-order valence-electron chi connectivity index (χ0n) is 8.07. The minimum Gasteiger partial charge on any atom is -0.463 e. The van der Waals surface area contributed by atoms with E-state index in [0.29, 0.717) is 5.28 Å². The molecule has 3 nitrogen and oxygen atoms in total. The van der Waals surface area contributed by atoms with Gasteiger partial charge in [-0.2, -0.15) is 0 Å². The highest BCUT2D eigenvalue weighted by Crippen LogP contribution is 2.26. The van der Waals surface area contributed by atoms with E-state index in [1.807, 2.05) is 16.7 Å². The van der Waals surface area contributed by atoms with Gasteiger partial charge in [-0.3, -0.25) is 0 Å². The van der Waals surface area contributed by atoms with Crippen molar-refractivity contribution in [1.82, 2.24) is 9.55 Å². The first-order chi connectivity index (χ1) is 6.70. The molecule has 0 fully saturated rings. The molecule has 0 bridgehead atoms. The number of rotatable bonds is 2. The van der Waals surface area contributed by atoms with Crippen molar-refractivity contribution in [3.63, 3.8) is 0 Å². The van der Waals surface area contributed by atoms with Crippen molar-refractivity contribution in [2.75, 3.05) is 0 Å². The maximum atomic E-state index is 5.97. The Labute approximate surface area is 87.3 Å². The van der Waals surface area contributed by atoms with Gasteiger partial charge < -0.3 is 8.98 Å². The standard InChI is InChI=1S/C10H11ClN2O/c1-7(2)13-8(6-12-10(13)11)9-4-3-5-14-9/h3-7H,1-2H3. The number of aromatic nitrogens is 2. The van der Waals surface area contributed by atoms with E-state index in [9.17, 15) is 0 Å². The van der Waals surface area contributed by atoms with Gasteiger partial charge in [-0.25, -0.2) is 4.98 Å². The van der Waals surface area contributed by atoms with Gasteiger partial charge >= 0.3 is 0 Å². The lowest BCUT2D eigenvalue weighted by atomic mass is 10.3. The van der Waals surface area contributed by atoms with E-state index in [0.717, 1.165) is 11.5 Å². The molecule has 0 saturated heterocycles. The summed E-state index contributed by atoms with van der Waals surface area (Å²) in [5.41, 5.74) is 0.912. The lowest BCUT2D eigenvalue weighted by molar-refractivity contribution is 0.555. The smallest absolute Gasteiger partial charge is 0.203 e. The maximum Gasteiger partial charge on any atom is 0.203 e. The molecule has 0 amide bonds. The summed E-state index contributed by atoms with van der Waals surface area (Å²) in [5, 5.41) is 0.492. The fourth-order valence-electron chi connectivity index (χ4n) is 1.44. The Morgan fingerprint density at radius 3 is 2.86 bits per heavy atom. The van der Waals surface area contributed by atoms with Crippen molar-refractivity contribution < 1.29 is 4.42 Å². The van der Waals surface area contributed by atoms with Gasteiger partial charge in [0.2, 0.25) is 5.28 Å². The predicted molar refractivity (Wildman–Crippen MR) is 55.3 cm³/mol. The van der Waals surface area contributed by atoms with Crippen LogP contribution < -0.4 is 0 Å². The molecule has 0 saturated carbocycles. The minimum atomic E-state index is 0.269. The summed E-state index contributed by atoms with van der Waals surface area (Å²) in [6, 6.07) is 4.01. The van der Waals surface area contributed by atoms with Crippen molar-refractivity contribution in [1.29, 1.82) is 0 Å². The summed E-state index contributed by atoms with van der Waals surface area (Å²) >= 11 is 5.97. The van der Waals surface area contributed by atoms with Crippen LogP contribution in [0.4, 0.5) is 0 Å². The fraction of sp³-hybridized carbons (Fsp3) is 0.300. The van der Waals surface area contributed by atoms with Crippen LogP contribution in [0.5, 0.6) is 0 Å². The van der Waals surface area contributed by atoms with Gasteiger partial charge in [0.25, 0.3) is 0 Å². The Morgan fingerprint density at radius 1 is 1.50 bits per heavy atom. The number of imidazole rings is 1. The highest BCUT2D eigenvalue weighted by molar-refractivity contribution is 6.28. The van der Waals surface area contributed by atoms with E-state index in [4.69, 9.17) is 16.0 Å². The second-order valence-electron chi connectivity index (χ2n) is 3.35. The summed E-state index contributed by atoms with van der Waals surface area (Å²) in [6.07, 6.45) is 3.36. The van der Waals surface area contributed by atoms with Crippen LogP contribution in [-0.2, 0) is 0 Å². The quantitative estimate of drug-likeness (QED) is 0.761. The SMILES string of the molecule is CC(C)n1c(-c2ccco2)cnc1Cl. The van der Waals surface area contributed by atoms with Crippen LogP contribution in [0.2, 0.25) is 5.28 Å². The molecule has 74 valence electrons. The molecule has 0 aliphatic rings. The van der Waals surface area contributed by atoms with Crippen molar-refractivity contribution in [2.45, 2.75) is 19.9 Å². The number of hydrogen-bond donors (Lipinski definition) is 0. The van der Waals surface area contributed by atoms with E-state index >= 15 is 0 Å². The van der Waals surface area contributed by atoms with Crippen molar-refractivity contribution in [3.8, 4) is 11.5 Å². The molecule has 2 heterocycles. The van der Waals surface area contributed by atoms with Crippen molar-refractivity contribution in [2.24, 2.45) is 0 Å². The first-order valence-corrected chi connectivity index (χ1v) is 4.84. The highest BCUT2D eigenvalue weighted by atomic mass is 35.5. The predicted octanol–water partition coefficient (Wildman–Crippen LogP) is 3.38. The Balaban J connectivity index is 2.54. The maximum absolute atomic E-state index is 5.97. The fourth-order valence-corrected chi connectivity index (χ4v) is 1.77. The molecule has 0 N–H and O–H groups in total. The molecule has 0 unspecified atom stereocenters. The van der Waals surface area contributed by atoms with E-state index in [1.165, 1.54) is 0 Å². The Morgan fingerprint density at radius 2 is 2.29 bits per heavy atom. The molecule has 2 rings (SSSR count). The first kappa shape index (κ1) is 9.34. The molecule has 14 heavy (non-hydrogen) atoms. The van der Waals surface area contributed by atoms with E-state index in [1.54, 1.807) is 12.5 Å². The van der Waals surface area contributed by atoms with Crippen molar-refractivity contribution in [3.05, 3.63) is 29.9 Å². The van der Waals surface area contributed by atoms with Crippen LogP contribution in [0.25, 0.3) is 11.5 Å². The van der Waals surface area contributed by atoms with Crippen LogP contribution >= 0.6 is 11.6 Å². The van der Waals surface area contributed by atoms with Gasteiger partial charge in [0.05, 0.1) is 12.5 Å². The number of nitrogens with zero attached hydrogens (tertiary/aromatic N) is 2. The number of halogens is 1. The van der Waals surface area contributed by atoms with Gasteiger partial charge in [-0.05, 0) is 37.6 Å². The zero-order chi connectivity index (χ0) is 10.1. The normalized spacial score (nSPS) is 11.1. The average molecular weight is 211 g/mol. The molecular formula is C10H11ClN2O. The van der Waals surface area contributed by atoms with Crippen LogP contribution in [0.3, 0.4) is 0 Å². The number of hydrogen-bond acceptors (Lipinski definition) is 2. The summed E-state index contributed by atoms with van der Waals surface area (Å²) in [7, 11) is 0. The van der Waals surface area contributed by atoms with Gasteiger partial charge in [-0.15, -0.1) is 0 Å². The average Bonchev–Trinajstić information content (AvgIpc) is 2.70. The summed E-state index contributed by atoms with van der Waals surface area (Å²) in [6.45, 7) is 4.11. The van der Waals surface area contributed by atoms with E-state index in [2.05, 4.69) is 18.8 Å². The number of furan rings is 1. The van der Waals surface area contributed by atoms with Gasteiger partial charge in [0.15, 0.2) is 5.76 Å². The van der Waals surface area contributed by atoms with Gasteiger partial charge in [-0.1, -0.05) is 0 Å². The summed E-state index contributed by atoms with van der Waals surface area (Å²) in [4.78, 5) is 4.06. The Kier molecular flexibility index (Phi) is 2.33. The van der Waals surface area contributed by atoms with Crippen molar-refractivity contribution >= 4 is 11.6 Å². The molecule has 0 aromatic carbocycles. The molecule has 4 heteroatoms. The lowest BCUT2D eigenvalue weighted by Gasteiger charge is -2.11. The summed E-state index contributed by atoms with van der Waals surface area (Å²) < 4.78 is 7.24. The monoisotopic (exact) mass is 210 g/mol. The molecular weight excluding hydrogens is 200 g/mol. The van der Waals surface area contributed by atoms with Crippen LogP contribution in [0.15, 0.2) is 29.0 Å². The van der Waals surface area contributed by atoms with E-state index < -0.39 is 0 Å². The lowest BCUT2D eigenvalue weighted by Crippen LogP contribution is -2.02. The molecule has 0 radical (unpaired) electrons. The molecule has 0 aliphatic carbocycles. The molecule has 0 atom stereocenters. The van der Waals surface area contributed by atoms with E-state index in [-0.39, 0.29) is 6.04 Å². The minimum absolute atomic E-state index is 0.269. The largest absolute Gasteiger partial charge is 0.463 e.